The summed E-state index contributed by atoms with van der Waals surface area (Å²) in [6.07, 6.45) is 7.51. The van der Waals surface area contributed by atoms with Crippen molar-refractivity contribution in [2.45, 2.75) is 31.0 Å². The maximum atomic E-state index is 12.9. The fourth-order valence-corrected chi connectivity index (χ4v) is 3.34. The smallest absolute Gasteiger partial charge is 0.236 e. The third-order valence-electron chi connectivity index (χ3n) is 5.01. The molecule has 1 atom stereocenters. The maximum absolute atomic E-state index is 12.9. The lowest BCUT2D eigenvalue weighted by atomic mass is 9.63. The van der Waals surface area contributed by atoms with Crippen molar-refractivity contribution < 1.29 is 4.79 Å². The second-order valence-corrected chi connectivity index (χ2v) is 6.57. The summed E-state index contributed by atoms with van der Waals surface area (Å²) in [7, 11) is 0. The van der Waals surface area contributed by atoms with Crippen molar-refractivity contribution in [2.75, 3.05) is 5.32 Å². The van der Waals surface area contributed by atoms with E-state index in [4.69, 9.17) is 5.73 Å². The zero-order valence-electron chi connectivity index (χ0n) is 14.2. The quantitative estimate of drug-likeness (QED) is 0.781. The van der Waals surface area contributed by atoms with E-state index in [0.717, 1.165) is 36.0 Å². The van der Waals surface area contributed by atoms with Crippen LogP contribution in [-0.4, -0.2) is 28.6 Å². The molecule has 7 nitrogen and oxygen atoms in total. The minimum atomic E-state index is -0.494. The van der Waals surface area contributed by atoms with Crippen LogP contribution in [0.25, 0.3) is 5.57 Å². The second kappa shape index (κ2) is 6.68. The third-order valence-corrected chi connectivity index (χ3v) is 5.01. The number of aliphatic imine (C=N–C) groups is 1. The normalized spacial score (nSPS) is 20.5. The van der Waals surface area contributed by atoms with Gasteiger partial charge in [-0.2, -0.15) is 5.10 Å². The van der Waals surface area contributed by atoms with Gasteiger partial charge >= 0.3 is 0 Å². The summed E-state index contributed by atoms with van der Waals surface area (Å²) in [5, 5.41) is 13.6. The van der Waals surface area contributed by atoms with Gasteiger partial charge in [0.15, 0.2) is 12.1 Å². The molecule has 26 heavy (non-hydrogen) atoms. The topological polar surface area (TPSA) is 105 Å². The zero-order valence-corrected chi connectivity index (χ0v) is 14.2. The Morgan fingerprint density at radius 1 is 1.23 bits per heavy atom. The Morgan fingerprint density at radius 3 is 2.62 bits per heavy atom. The van der Waals surface area contributed by atoms with Gasteiger partial charge in [0.2, 0.25) is 5.91 Å². The van der Waals surface area contributed by atoms with E-state index in [1.807, 2.05) is 30.5 Å². The SMILES string of the molecule is NC1N=CC(c2ccc(C3(C(=O)Nc4cccnn4)CCC3)cc2)=CN1. The van der Waals surface area contributed by atoms with E-state index in [9.17, 15) is 4.79 Å². The van der Waals surface area contributed by atoms with Gasteiger partial charge in [0, 0.05) is 24.2 Å². The number of nitrogens with one attached hydrogen (secondary N) is 2. The predicted octanol–water partition coefficient (Wildman–Crippen LogP) is 1.79. The van der Waals surface area contributed by atoms with Crippen molar-refractivity contribution >= 4 is 23.5 Å². The predicted molar refractivity (Wildman–Crippen MR) is 100 cm³/mol. The van der Waals surface area contributed by atoms with Gasteiger partial charge in [-0.25, -0.2) is 0 Å². The highest BCUT2D eigenvalue weighted by Gasteiger charge is 2.45. The summed E-state index contributed by atoms with van der Waals surface area (Å²) in [5.41, 5.74) is 8.19. The average molecular weight is 348 g/mol. The Labute approximate surface area is 151 Å². The number of amides is 1. The van der Waals surface area contributed by atoms with Crippen molar-refractivity contribution in [3.8, 4) is 0 Å². The molecule has 7 heteroatoms. The molecule has 1 aliphatic heterocycles. The van der Waals surface area contributed by atoms with E-state index in [2.05, 4.69) is 25.8 Å². The molecule has 0 saturated heterocycles. The first-order valence-electron chi connectivity index (χ1n) is 8.62. The zero-order chi connectivity index (χ0) is 18.0. The van der Waals surface area contributed by atoms with Crippen LogP contribution in [0, 0.1) is 0 Å². The van der Waals surface area contributed by atoms with Crippen LogP contribution in [-0.2, 0) is 10.2 Å². The van der Waals surface area contributed by atoms with Gasteiger partial charge in [-0.05, 0) is 36.1 Å². The Balaban J connectivity index is 1.55. The van der Waals surface area contributed by atoms with Gasteiger partial charge in [-0.15, -0.1) is 5.10 Å². The first-order valence-corrected chi connectivity index (χ1v) is 8.62. The summed E-state index contributed by atoms with van der Waals surface area (Å²) in [4.78, 5) is 17.1. The number of nitrogens with zero attached hydrogens (tertiary/aromatic N) is 3. The van der Waals surface area contributed by atoms with Crippen molar-refractivity contribution in [2.24, 2.45) is 10.7 Å². The Morgan fingerprint density at radius 2 is 2.04 bits per heavy atom. The molecule has 1 aromatic carbocycles. The highest BCUT2D eigenvalue weighted by atomic mass is 16.2. The molecule has 1 amide bonds. The molecular formula is C19H20N6O. The minimum Gasteiger partial charge on any atom is -0.357 e. The van der Waals surface area contributed by atoms with E-state index in [1.165, 1.54) is 0 Å². The number of rotatable bonds is 4. The highest BCUT2D eigenvalue weighted by molar-refractivity contribution is 6.10. The van der Waals surface area contributed by atoms with Gasteiger partial charge in [-0.1, -0.05) is 30.7 Å². The van der Waals surface area contributed by atoms with Crippen LogP contribution in [0.3, 0.4) is 0 Å². The number of carbonyl (C=O) groups excluding carboxylic acids is 1. The van der Waals surface area contributed by atoms with Gasteiger partial charge in [0.1, 0.15) is 0 Å². The molecule has 0 radical (unpaired) electrons. The van der Waals surface area contributed by atoms with Crippen molar-refractivity contribution in [1.29, 1.82) is 0 Å². The summed E-state index contributed by atoms with van der Waals surface area (Å²) >= 11 is 0. The molecule has 1 fully saturated rings. The first kappa shape index (κ1) is 16.4. The molecule has 4 rings (SSSR count). The Bertz CT molecular complexity index is 855. The van der Waals surface area contributed by atoms with Gasteiger partial charge < -0.3 is 10.6 Å². The van der Waals surface area contributed by atoms with E-state index in [-0.39, 0.29) is 12.2 Å². The first-order chi connectivity index (χ1) is 12.7. The van der Waals surface area contributed by atoms with E-state index < -0.39 is 5.41 Å². The van der Waals surface area contributed by atoms with Crippen LogP contribution in [0.4, 0.5) is 5.82 Å². The van der Waals surface area contributed by atoms with Crippen molar-refractivity contribution in [1.82, 2.24) is 15.5 Å². The van der Waals surface area contributed by atoms with Gasteiger partial charge in [-0.3, -0.25) is 15.5 Å². The molecule has 0 spiro atoms. The molecule has 2 aromatic rings. The van der Waals surface area contributed by atoms with E-state index >= 15 is 0 Å². The number of anilines is 1. The van der Waals surface area contributed by atoms with E-state index in [1.54, 1.807) is 24.5 Å². The van der Waals surface area contributed by atoms with Crippen LogP contribution in [0.15, 0.2) is 53.8 Å². The third kappa shape index (κ3) is 2.97. The van der Waals surface area contributed by atoms with Crippen LogP contribution < -0.4 is 16.4 Å². The summed E-state index contributed by atoms with van der Waals surface area (Å²) in [6, 6.07) is 11.6. The number of hydrogen-bond donors (Lipinski definition) is 3. The second-order valence-electron chi connectivity index (χ2n) is 6.57. The molecule has 132 valence electrons. The molecule has 0 bridgehead atoms. The standard InChI is InChI=1S/C19H20N6O/c20-18-21-11-14(12-22-18)13-4-6-15(7-5-13)19(8-2-9-19)17(26)24-16-3-1-10-23-25-16/h1,3-7,10-12,18,21H,2,8-9,20H2,(H,24,25,26). The van der Waals surface area contributed by atoms with Crippen molar-refractivity contribution in [3.05, 3.63) is 59.9 Å². The minimum absolute atomic E-state index is 0.0249. The molecule has 2 aliphatic rings. The molecule has 2 heterocycles. The highest BCUT2D eigenvalue weighted by Crippen LogP contribution is 2.44. The Kier molecular flexibility index (Phi) is 4.22. The fraction of sp³-hybridized carbons (Fsp3) is 0.263. The average Bonchev–Trinajstić information content (AvgIpc) is 2.63. The number of allylic oxidation sites excluding steroid dienone is 1. The van der Waals surface area contributed by atoms with Gasteiger partial charge in [0.25, 0.3) is 0 Å². The number of aromatic nitrogens is 2. The number of benzene rings is 1. The van der Waals surface area contributed by atoms with Crippen LogP contribution in [0.1, 0.15) is 30.4 Å². The fourth-order valence-electron chi connectivity index (χ4n) is 3.34. The lowest BCUT2D eigenvalue weighted by Crippen LogP contribution is -2.46. The molecule has 1 saturated carbocycles. The maximum Gasteiger partial charge on any atom is 0.236 e. The summed E-state index contributed by atoms with van der Waals surface area (Å²) in [6.45, 7) is 0. The number of carbonyl (C=O) groups is 1. The molecule has 1 unspecified atom stereocenters. The molecule has 1 aliphatic carbocycles. The lowest BCUT2D eigenvalue weighted by molar-refractivity contribution is -0.124. The summed E-state index contributed by atoms with van der Waals surface area (Å²) in [5.74, 6) is 0.453. The Hall–Kier alpha value is -3.06. The van der Waals surface area contributed by atoms with E-state index in [0.29, 0.717) is 5.82 Å². The monoisotopic (exact) mass is 348 g/mol. The van der Waals surface area contributed by atoms with Crippen molar-refractivity contribution in [3.63, 3.8) is 0 Å². The molecule has 1 aromatic heterocycles. The molecule has 4 N–H and O–H groups in total. The molecular weight excluding hydrogens is 328 g/mol. The summed E-state index contributed by atoms with van der Waals surface area (Å²) < 4.78 is 0. The largest absolute Gasteiger partial charge is 0.357 e. The van der Waals surface area contributed by atoms with Crippen LogP contribution >= 0.6 is 0 Å². The van der Waals surface area contributed by atoms with Gasteiger partial charge in [0.05, 0.1) is 5.41 Å². The lowest BCUT2D eigenvalue weighted by Gasteiger charge is -2.40. The van der Waals surface area contributed by atoms with Crippen LogP contribution in [0.2, 0.25) is 0 Å². The number of hydrogen-bond acceptors (Lipinski definition) is 6. The van der Waals surface area contributed by atoms with Crippen LogP contribution in [0.5, 0.6) is 0 Å². The number of nitrogens with two attached hydrogens (primary N) is 1.